The number of benzene rings is 2. The lowest BCUT2D eigenvalue weighted by molar-refractivity contribution is 0.0946. The van der Waals surface area contributed by atoms with Gasteiger partial charge in [-0.1, -0.05) is 30.3 Å². The van der Waals surface area contributed by atoms with Crippen molar-refractivity contribution in [2.24, 2.45) is 0 Å². The first-order valence-corrected chi connectivity index (χ1v) is 7.76. The van der Waals surface area contributed by atoms with Crippen molar-refractivity contribution in [2.45, 2.75) is 6.54 Å². The van der Waals surface area contributed by atoms with Crippen LogP contribution in [-0.2, 0) is 6.54 Å². The van der Waals surface area contributed by atoms with Crippen LogP contribution in [0.2, 0.25) is 0 Å². The maximum atomic E-state index is 12.4. The second-order valence-corrected chi connectivity index (χ2v) is 5.39. The fourth-order valence-corrected chi connectivity index (χ4v) is 2.33. The van der Waals surface area contributed by atoms with E-state index in [1.165, 1.54) is 0 Å². The number of anilines is 1. The normalized spacial score (nSPS) is 10.3. The Hall–Kier alpha value is -3.41. The number of hydrogen-bond acceptors (Lipinski definition) is 5. The van der Waals surface area contributed by atoms with Crippen molar-refractivity contribution >= 4 is 11.7 Å². The first-order chi connectivity index (χ1) is 12.2. The van der Waals surface area contributed by atoms with Gasteiger partial charge in [0.1, 0.15) is 5.75 Å². The number of nitrogens with two attached hydrogens (primary N) is 1. The molecule has 6 heteroatoms. The Bertz CT molecular complexity index is 864. The number of nitrogens with zero attached hydrogens (tertiary/aromatic N) is 2. The summed E-state index contributed by atoms with van der Waals surface area (Å²) >= 11 is 0. The van der Waals surface area contributed by atoms with Gasteiger partial charge in [0.15, 0.2) is 11.5 Å². The predicted molar refractivity (Wildman–Crippen MR) is 96.0 cm³/mol. The van der Waals surface area contributed by atoms with E-state index >= 15 is 0 Å². The maximum absolute atomic E-state index is 12.4. The Kier molecular flexibility index (Phi) is 4.89. The molecule has 0 aliphatic carbocycles. The summed E-state index contributed by atoms with van der Waals surface area (Å²) in [6.07, 6.45) is 1.55. The van der Waals surface area contributed by atoms with Gasteiger partial charge in [-0.15, -0.1) is 0 Å². The molecule has 1 aromatic heterocycles. The number of hydrogen-bond donors (Lipinski definition) is 2. The van der Waals surface area contributed by atoms with E-state index in [0.29, 0.717) is 12.2 Å². The highest BCUT2D eigenvalue weighted by molar-refractivity contribution is 5.96. The molecule has 1 amide bonds. The number of nitrogens with one attached hydrogen (secondary N) is 1. The molecule has 2 aromatic carbocycles. The van der Waals surface area contributed by atoms with Gasteiger partial charge in [0.05, 0.1) is 19.0 Å². The molecule has 0 bridgehead atoms. The lowest BCUT2D eigenvalue weighted by atomic mass is 10.1. The van der Waals surface area contributed by atoms with Crippen LogP contribution < -0.4 is 15.8 Å². The summed E-state index contributed by atoms with van der Waals surface area (Å²) in [5.74, 6) is 0.486. The summed E-state index contributed by atoms with van der Waals surface area (Å²) in [7, 11) is 1.60. The summed E-state index contributed by atoms with van der Waals surface area (Å²) in [6.45, 7) is 0.396. The highest BCUT2D eigenvalue weighted by atomic mass is 16.5. The number of aromatic nitrogens is 2. The zero-order valence-corrected chi connectivity index (χ0v) is 13.8. The average Bonchev–Trinajstić information content (AvgIpc) is 2.67. The molecule has 3 aromatic rings. The van der Waals surface area contributed by atoms with Crippen LogP contribution in [0.25, 0.3) is 11.3 Å². The van der Waals surface area contributed by atoms with E-state index in [-0.39, 0.29) is 17.4 Å². The molecule has 3 rings (SSSR count). The Morgan fingerprint density at radius 3 is 2.52 bits per heavy atom. The van der Waals surface area contributed by atoms with Crippen LogP contribution in [-0.4, -0.2) is 23.0 Å². The molecule has 0 saturated carbocycles. The molecule has 0 aliphatic heterocycles. The van der Waals surface area contributed by atoms with Gasteiger partial charge in [0.2, 0.25) is 0 Å². The Morgan fingerprint density at radius 2 is 1.84 bits per heavy atom. The van der Waals surface area contributed by atoms with Crippen LogP contribution in [0.4, 0.5) is 5.82 Å². The summed E-state index contributed by atoms with van der Waals surface area (Å²) in [4.78, 5) is 20.9. The molecule has 0 fully saturated rings. The van der Waals surface area contributed by atoms with Crippen molar-refractivity contribution in [1.82, 2.24) is 15.3 Å². The van der Waals surface area contributed by atoms with Gasteiger partial charge in [0.25, 0.3) is 5.91 Å². The van der Waals surface area contributed by atoms with Crippen molar-refractivity contribution in [2.75, 3.05) is 12.8 Å². The third kappa shape index (κ3) is 3.92. The number of rotatable bonds is 5. The summed E-state index contributed by atoms with van der Waals surface area (Å²) in [5.41, 5.74) is 8.33. The molecule has 0 unspecified atom stereocenters. The standard InChI is InChI=1S/C19H18N4O2/c1-25-15-9-7-14(8-10-15)16-12-21-18(20)17(23-16)19(24)22-11-13-5-3-2-4-6-13/h2-10,12H,11H2,1H3,(H2,20,21)(H,22,24). The average molecular weight is 334 g/mol. The molecule has 0 saturated heterocycles. The molecule has 6 nitrogen and oxygen atoms in total. The number of amides is 1. The fraction of sp³-hybridized carbons (Fsp3) is 0.105. The van der Waals surface area contributed by atoms with Crippen LogP contribution in [0.3, 0.4) is 0 Å². The largest absolute Gasteiger partial charge is 0.497 e. The van der Waals surface area contributed by atoms with Crippen LogP contribution in [0.1, 0.15) is 16.1 Å². The number of methoxy groups -OCH3 is 1. The number of carbonyl (C=O) groups excluding carboxylic acids is 1. The molecular weight excluding hydrogens is 316 g/mol. The van der Waals surface area contributed by atoms with Crippen LogP contribution in [0.5, 0.6) is 5.75 Å². The Morgan fingerprint density at radius 1 is 1.12 bits per heavy atom. The molecule has 1 heterocycles. The second kappa shape index (κ2) is 7.44. The molecule has 0 spiro atoms. The monoisotopic (exact) mass is 334 g/mol. The molecule has 25 heavy (non-hydrogen) atoms. The van der Waals surface area contributed by atoms with Crippen molar-refractivity contribution in [3.05, 3.63) is 72.1 Å². The molecule has 0 aliphatic rings. The first kappa shape index (κ1) is 16.4. The van der Waals surface area contributed by atoms with E-state index in [4.69, 9.17) is 10.5 Å². The van der Waals surface area contributed by atoms with E-state index in [9.17, 15) is 4.79 Å². The number of ether oxygens (including phenoxy) is 1. The van der Waals surface area contributed by atoms with E-state index in [1.807, 2.05) is 54.6 Å². The minimum atomic E-state index is -0.357. The number of nitrogen functional groups attached to an aromatic ring is 1. The lowest BCUT2D eigenvalue weighted by Crippen LogP contribution is -2.25. The quantitative estimate of drug-likeness (QED) is 0.748. The molecule has 3 N–H and O–H groups in total. The van der Waals surface area contributed by atoms with E-state index in [1.54, 1.807) is 13.3 Å². The third-order valence-electron chi connectivity index (χ3n) is 3.70. The SMILES string of the molecule is COc1ccc(-c2cnc(N)c(C(=O)NCc3ccccc3)n2)cc1. The van der Waals surface area contributed by atoms with Crippen molar-refractivity contribution in [3.63, 3.8) is 0 Å². The predicted octanol–water partition coefficient (Wildman–Crippen LogP) is 2.66. The van der Waals surface area contributed by atoms with E-state index < -0.39 is 0 Å². The zero-order valence-electron chi connectivity index (χ0n) is 13.8. The van der Waals surface area contributed by atoms with Gasteiger partial charge in [0, 0.05) is 12.1 Å². The lowest BCUT2D eigenvalue weighted by Gasteiger charge is -2.09. The van der Waals surface area contributed by atoms with Gasteiger partial charge in [-0.2, -0.15) is 0 Å². The van der Waals surface area contributed by atoms with Gasteiger partial charge in [-0.25, -0.2) is 9.97 Å². The topological polar surface area (TPSA) is 90.1 Å². The molecule has 126 valence electrons. The molecular formula is C19H18N4O2. The van der Waals surface area contributed by atoms with Crippen LogP contribution in [0.15, 0.2) is 60.8 Å². The first-order valence-electron chi connectivity index (χ1n) is 7.76. The van der Waals surface area contributed by atoms with Crippen LogP contribution >= 0.6 is 0 Å². The van der Waals surface area contributed by atoms with Crippen molar-refractivity contribution in [3.8, 4) is 17.0 Å². The van der Waals surface area contributed by atoms with Gasteiger partial charge in [-0.05, 0) is 29.8 Å². The minimum absolute atomic E-state index is 0.0998. The zero-order chi connectivity index (χ0) is 17.6. The second-order valence-electron chi connectivity index (χ2n) is 5.39. The molecule has 0 atom stereocenters. The van der Waals surface area contributed by atoms with Gasteiger partial charge < -0.3 is 15.8 Å². The van der Waals surface area contributed by atoms with Gasteiger partial charge >= 0.3 is 0 Å². The van der Waals surface area contributed by atoms with Crippen LogP contribution in [0, 0.1) is 0 Å². The third-order valence-corrected chi connectivity index (χ3v) is 3.70. The highest BCUT2D eigenvalue weighted by Gasteiger charge is 2.14. The summed E-state index contributed by atoms with van der Waals surface area (Å²) in [5, 5.41) is 2.81. The molecule has 0 radical (unpaired) electrons. The highest BCUT2D eigenvalue weighted by Crippen LogP contribution is 2.21. The summed E-state index contributed by atoms with van der Waals surface area (Å²) < 4.78 is 5.14. The maximum Gasteiger partial charge on any atom is 0.274 e. The Balaban J connectivity index is 1.79. The van der Waals surface area contributed by atoms with Gasteiger partial charge in [-0.3, -0.25) is 4.79 Å². The number of carbonyl (C=O) groups is 1. The van der Waals surface area contributed by atoms with E-state index in [0.717, 1.165) is 16.9 Å². The van der Waals surface area contributed by atoms with Crippen molar-refractivity contribution < 1.29 is 9.53 Å². The summed E-state index contributed by atoms with van der Waals surface area (Å²) in [6, 6.07) is 17.0. The fourth-order valence-electron chi connectivity index (χ4n) is 2.33. The Labute approximate surface area is 145 Å². The van der Waals surface area contributed by atoms with Crippen molar-refractivity contribution in [1.29, 1.82) is 0 Å². The minimum Gasteiger partial charge on any atom is -0.497 e. The van der Waals surface area contributed by atoms with E-state index in [2.05, 4.69) is 15.3 Å². The smallest absolute Gasteiger partial charge is 0.274 e.